The van der Waals surface area contributed by atoms with Gasteiger partial charge in [-0.1, -0.05) is 13.8 Å². The molecular weight excluding hydrogens is 216 g/mol. The third kappa shape index (κ3) is 2.43. The molecule has 0 spiro atoms. The number of nitrogens with zero attached hydrogens (tertiary/aromatic N) is 4. The number of aryl methyl sites for hydroxylation is 1. The van der Waals surface area contributed by atoms with Crippen LogP contribution < -0.4 is 5.56 Å². The van der Waals surface area contributed by atoms with Gasteiger partial charge in [0.1, 0.15) is 5.82 Å². The van der Waals surface area contributed by atoms with Crippen LogP contribution in [-0.2, 0) is 13.6 Å². The fourth-order valence-electron chi connectivity index (χ4n) is 1.58. The smallest absolute Gasteiger partial charge is 0.253 e. The molecule has 0 amide bonds. The lowest BCUT2D eigenvalue weighted by Crippen LogP contribution is -2.22. The maximum atomic E-state index is 11.9. The van der Waals surface area contributed by atoms with E-state index >= 15 is 0 Å². The summed E-state index contributed by atoms with van der Waals surface area (Å²) in [5.41, 5.74) is 0.790. The Labute approximate surface area is 99.8 Å². The number of imidazole rings is 1. The lowest BCUT2D eigenvalue weighted by molar-refractivity contribution is 0.654. The molecule has 0 bridgehead atoms. The fourth-order valence-corrected chi connectivity index (χ4v) is 1.58. The monoisotopic (exact) mass is 232 g/mol. The molecule has 0 aliphatic carbocycles. The van der Waals surface area contributed by atoms with Crippen LogP contribution in [0.1, 0.15) is 31.3 Å². The number of aromatic nitrogens is 4. The highest BCUT2D eigenvalue weighted by Crippen LogP contribution is 2.07. The average molecular weight is 232 g/mol. The summed E-state index contributed by atoms with van der Waals surface area (Å²) in [6.07, 6.45) is 5.17. The summed E-state index contributed by atoms with van der Waals surface area (Å²) in [7, 11) is 1.91. The molecule has 17 heavy (non-hydrogen) atoms. The average Bonchev–Trinajstić information content (AvgIpc) is 2.67. The highest BCUT2D eigenvalue weighted by atomic mass is 16.1. The van der Waals surface area contributed by atoms with Crippen LogP contribution in [-0.4, -0.2) is 19.1 Å². The highest BCUT2D eigenvalue weighted by molar-refractivity contribution is 5.05. The molecule has 0 saturated heterocycles. The molecule has 0 aromatic carbocycles. The van der Waals surface area contributed by atoms with Gasteiger partial charge in [-0.3, -0.25) is 9.36 Å². The lowest BCUT2D eigenvalue weighted by atomic mass is 10.1. The molecule has 2 aromatic heterocycles. The first-order valence-electron chi connectivity index (χ1n) is 5.60. The normalized spacial score (nSPS) is 11.1. The Bertz CT molecular complexity index is 568. The quantitative estimate of drug-likeness (QED) is 0.797. The Hall–Kier alpha value is -1.91. The minimum atomic E-state index is -0.0355. The van der Waals surface area contributed by atoms with E-state index in [1.54, 1.807) is 23.2 Å². The van der Waals surface area contributed by atoms with Crippen molar-refractivity contribution in [3.8, 4) is 0 Å². The van der Waals surface area contributed by atoms with E-state index in [1.807, 2.05) is 31.7 Å². The zero-order valence-electron chi connectivity index (χ0n) is 10.3. The Morgan fingerprint density at radius 3 is 2.65 bits per heavy atom. The first-order valence-corrected chi connectivity index (χ1v) is 5.60. The Morgan fingerprint density at radius 2 is 2.12 bits per heavy atom. The molecule has 0 saturated carbocycles. The van der Waals surface area contributed by atoms with Crippen LogP contribution in [0.25, 0.3) is 0 Å². The molecule has 0 radical (unpaired) electrons. The maximum Gasteiger partial charge on any atom is 0.253 e. The van der Waals surface area contributed by atoms with E-state index in [-0.39, 0.29) is 11.5 Å². The zero-order chi connectivity index (χ0) is 12.4. The summed E-state index contributed by atoms with van der Waals surface area (Å²) in [5, 5.41) is 0. The van der Waals surface area contributed by atoms with Crippen LogP contribution in [0.2, 0.25) is 0 Å². The van der Waals surface area contributed by atoms with E-state index in [4.69, 9.17) is 0 Å². The van der Waals surface area contributed by atoms with Crippen LogP contribution >= 0.6 is 0 Å². The SMILES string of the molecule is CC(C)c1cc(=O)n(Cc2nccn2C)cn1. The van der Waals surface area contributed by atoms with E-state index in [0.717, 1.165) is 11.5 Å². The molecular formula is C12H16N4O. The Balaban J connectivity index is 2.29. The first kappa shape index (κ1) is 11.6. The van der Waals surface area contributed by atoms with Gasteiger partial charge in [0.2, 0.25) is 0 Å². The molecule has 2 rings (SSSR count). The Morgan fingerprint density at radius 1 is 1.35 bits per heavy atom. The van der Waals surface area contributed by atoms with Crippen LogP contribution in [0.3, 0.4) is 0 Å². The van der Waals surface area contributed by atoms with Gasteiger partial charge in [0.25, 0.3) is 5.56 Å². The highest BCUT2D eigenvalue weighted by Gasteiger charge is 2.06. The van der Waals surface area contributed by atoms with Gasteiger partial charge in [-0.05, 0) is 5.92 Å². The van der Waals surface area contributed by atoms with Crippen LogP contribution in [0.4, 0.5) is 0 Å². The van der Waals surface area contributed by atoms with Gasteiger partial charge in [-0.25, -0.2) is 9.97 Å². The van der Waals surface area contributed by atoms with Crippen molar-refractivity contribution in [2.45, 2.75) is 26.3 Å². The van der Waals surface area contributed by atoms with Crippen molar-refractivity contribution >= 4 is 0 Å². The van der Waals surface area contributed by atoms with Crippen molar-refractivity contribution in [2.24, 2.45) is 7.05 Å². The van der Waals surface area contributed by atoms with Gasteiger partial charge in [-0.2, -0.15) is 0 Å². The summed E-state index contributed by atoms with van der Waals surface area (Å²) in [6.45, 7) is 4.49. The molecule has 5 heteroatoms. The van der Waals surface area contributed by atoms with Gasteiger partial charge in [0.15, 0.2) is 0 Å². The third-order valence-corrected chi connectivity index (χ3v) is 2.72. The van der Waals surface area contributed by atoms with E-state index in [2.05, 4.69) is 9.97 Å². The molecule has 0 fully saturated rings. The summed E-state index contributed by atoms with van der Waals surface area (Å²) >= 11 is 0. The standard InChI is InChI=1S/C12H16N4O/c1-9(2)10-6-12(17)16(8-14-10)7-11-13-4-5-15(11)3/h4-6,8-9H,7H2,1-3H3. The van der Waals surface area contributed by atoms with Crippen molar-refractivity contribution in [3.05, 3.63) is 46.7 Å². The van der Waals surface area contributed by atoms with Crippen LogP contribution in [0.15, 0.2) is 29.6 Å². The number of hydrogen-bond acceptors (Lipinski definition) is 3. The lowest BCUT2D eigenvalue weighted by Gasteiger charge is -2.08. The topological polar surface area (TPSA) is 52.7 Å². The van der Waals surface area contributed by atoms with Gasteiger partial charge in [-0.15, -0.1) is 0 Å². The molecule has 0 atom stereocenters. The number of rotatable bonds is 3. The summed E-state index contributed by atoms with van der Waals surface area (Å²) in [6, 6.07) is 1.59. The fraction of sp³-hybridized carbons (Fsp3) is 0.417. The second kappa shape index (κ2) is 4.53. The van der Waals surface area contributed by atoms with Crippen molar-refractivity contribution in [1.82, 2.24) is 19.1 Å². The second-order valence-corrected chi connectivity index (χ2v) is 4.39. The predicted molar refractivity (Wildman–Crippen MR) is 64.9 cm³/mol. The van der Waals surface area contributed by atoms with Crippen molar-refractivity contribution in [2.75, 3.05) is 0 Å². The molecule has 0 aliphatic rings. The first-order chi connectivity index (χ1) is 8.08. The molecule has 2 heterocycles. The van der Waals surface area contributed by atoms with E-state index in [1.165, 1.54) is 0 Å². The van der Waals surface area contributed by atoms with Gasteiger partial charge in [0, 0.05) is 25.5 Å². The number of hydrogen-bond donors (Lipinski definition) is 0. The van der Waals surface area contributed by atoms with Gasteiger partial charge < -0.3 is 4.57 Å². The van der Waals surface area contributed by atoms with Crippen molar-refractivity contribution in [3.63, 3.8) is 0 Å². The molecule has 5 nitrogen and oxygen atoms in total. The van der Waals surface area contributed by atoms with E-state index in [9.17, 15) is 4.79 Å². The maximum absolute atomic E-state index is 11.9. The van der Waals surface area contributed by atoms with Crippen molar-refractivity contribution in [1.29, 1.82) is 0 Å². The minimum Gasteiger partial charge on any atom is -0.337 e. The predicted octanol–water partition coefficient (Wildman–Crippen LogP) is 1.15. The van der Waals surface area contributed by atoms with Crippen LogP contribution in [0.5, 0.6) is 0 Å². The summed E-state index contributed by atoms with van der Waals surface area (Å²) < 4.78 is 3.46. The van der Waals surface area contributed by atoms with Gasteiger partial charge >= 0.3 is 0 Å². The van der Waals surface area contributed by atoms with E-state index in [0.29, 0.717) is 6.54 Å². The largest absolute Gasteiger partial charge is 0.337 e. The Kier molecular flexibility index (Phi) is 3.08. The molecule has 0 aliphatic heterocycles. The molecule has 90 valence electrons. The van der Waals surface area contributed by atoms with Gasteiger partial charge in [0.05, 0.1) is 18.6 Å². The van der Waals surface area contributed by atoms with E-state index < -0.39 is 0 Å². The molecule has 0 N–H and O–H groups in total. The molecule has 2 aromatic rings. The third-order valence-electron chi connectivity index (χ3n) is 2.72. The second-order valence-electron chi connectivity index (χ2n) is 4.39. The molecule has 0 unspecified atom stereocenters. The zero-order valence-corrected chi connectivity index (χ0v) is 10.3. The van der Waals surface area contributed by atoms with Crippen LogP contribution in [0, 0.1) is 0 Å². The summed E-state index contributed by atoms with van der Waals surface area (Å²) in [4.78, 5) is 20.3. The summed E-state index contributed by atoms with van der Waals surface area (Å²) in [5.74, 6) is 1.11. The minimum absolute atomic E-state index is 0.0355. The van der Waals surface area contributed by atoms with Crippen molar-refractivity contribution < 1.29 is 0 Å².